The van der Waals surface area contributed by atoms with Gasteiger partial charge in [-0.15, -0.1) is 0 Å². The van der Waals surface area contributed by atoms with E-state index in [1.807, 2.05) is 0 Å². The minimum absolute atomic E-state index is 0. The van der Waals surface area contributed by atoms with Gasteiger partial charge >= 0.3 is 38.9 Å². The van der Waals surface area contributed by atoms with Crippen molar-refractivity contribution in [1.29, 1.82) is 0 Å². The molecule has 6 nitrogen and oxygen atoms in total. The first-order chi connectivity index (χ1) is 9.12. The van der Waals surface area contributed by atoms with Crippen LogP contribution in [-0.2, 0) is 51.9 Å². The molecule has 23 heavy (non-hydrogen) atoms. The van der Waals surface area contributed by atoms with E-state index in [1.54, 1.807) is 0 Å². The van der Waals surface area contributed by atoms with Crippen LogP contribution in [0, 0.1) is 3.91 Å². The average Bonchev–Trinajstić information content (AvgIpc) is 2.09. The first-order valence-corrected chi connectivity index (χ1v) is 8.38. The predicted octanol–water partition coefficient (Wildman–Crippen LogP) is 1.23. The summed E-state index contributed by atoms with van der Waals surface area (Å²) in [7, 11) is -24.1. The maximum atomic E-state index is 12.0. The van der Waals surface area contributed by atoms with Gasteiger partial charge in [0.1, 0.15) is 0 Å². The fourth-order valence-electron chi connectivity index (χ4n) is 0.717. The molecule has 0 aromatic carbocycles. The van der Waals surface area contributed by atoms with Gasteiger partial charge in [-0.05, 0) is 0 Å². The molecule has 0 rings (SSSR count). The Hall–Kier alpha value is -0.0397. The Morgan fingerprint density at radius 1 is 0.478 bits per heavy atom. The van der Waals surface area contributed by atoms with E-state index < -0.39 is 50.0 Å². The number of hydrogen-bond acceptors (Lipinski definition) is 6. The van der Waals surface area contributed by atoms with Gasteiger partial charge in [0, 0.05) is 0 Å². The number of rotatable bonds is 3. The molecule has 0 radical (unpaired) electrons. The van der Waals surface area contributed by atoms with E-state index in [9.17, 15) is 64.8 Å². The number of halogens is 9. The molecule has 0 saturated carbocycles. The molecule has 0 amide bonds. The fraction of sp³-hybridized carbons (Fsp3) is 0.750. The second-order valence-corrected chi connectivity index (χ2v) is 9.51. The second kappa shape index (κ2) is 6.36. The summed E-state index contributed by atoms with van der Waals surface area (Å²) in [6.45, 7) is 0. The van der Waals surface area contributed by atoms with Crippen molar-refractivity contribution in [2.75, 3.05) is 0 Å². The third-order valence-electron chi connectivity index (χ3n) is 1.57. The van der Waals surface area contributed by atoms with Gasteiger partial charge in [-0.25, -0.2) is 0 Å². The molecular formula is C4AuF9O6S3. The van der Waals surface area contributed by atoms with Crippen LogP contribution in [-0.4, -0.2) is 41.8 Å². The molecular weight excluding hydrogens is 608 g/mol. The molecule has 0 aromatic heterocycles. The van der Waals surface area contributed by atoms with E-state index in [2.05, 4.69) is 0 Å². The van der Waals surface area contributed by atoms with Crippen molar-refractivity contribution in [3.8, 4) is 0 Å². The Labute approximate surface area is 137 Å². The summed E-state index contributed by atoms with van der Waals surface area (Å²) >= 11 is 0. The van der Waals surface area contributed by atoms with Gasteiger partial charge in [-0.3, -0.25) is 25.3 Å². The molecule has 0 aliphatic heterocycles. The van der Waals surface area contributed by atoms with Crippen molar-refractivity contribution >= 4 is 29.5 Å². The maximum Gasteiger partial charge on any atom is 1.00 e. The summed E-state index contributed by atoms with van der Waals surface area (Å²) in [6.07, 6.45) is 0. The number of sulfone groups is 3. The summed E-state index contributed by atoms with van der Waals surface area (Å²) in [5, 5.41) is 0. The van der Waals surface area contributed by atoms with E-state index in [-0.39, 0.29) is 22.4 Å². The van der Waals surface area contributed by atoms with Crippen molar-refractivity contribution in [1.82, 2.24) is 0 Å². The number of alkyl halides is 9. The molecule has 0 heterocycles. The molecule has 0 spiro atoms. The summed E-state index contributed by atoms with van der Waals surface area (Å²) in [4.78, 5) is 0. The molecule has 19 heteroatoms. The van der Waals surface area contributed by atoms with E-state index in [0.29, 0.717) is 0 Å². The average molecular weight is 608 g/mol. The van der Waals surface area contributed by atoms with Crippen molar-refractivity contribution in [2.45, 2.75) is 16.5 Å². The zero-order valence-electron chi connectivity index (χ0n) is 9.38. The van der Waals surface area contributed by atoms with Crippen LogP contribution in [0.2, 0.25) is 0 Å². The number of hydrogen-bond donors (Lipinski definition) is 0. The zero-order valence-corrected chi connectivity index (χ0v) is 14.0. The van der Waals surface area contributed by atoms with Crippen molar-refractivity contribution in [2.24, 2.45) is 0 Å². The van der Waals surface area contributed by atoms with Crippen LogP contribution in [0.5, 0.6) is 0 Å². The molecule has 0 aromatic rings. The summed E-state index contributed by atoms with van der Waals surface area (Å²) < 4.78 is 167. The molecule has 0 unspecified atom stereocenters. The summed E-state index contributed by atoms with van der Waals surface area (Å²) in [6, 6.07) is 0. The SMILES string of the molecule is O=S(=O)([C-](S(=O)(=O)C(F)(F)F)S(=O)(=O)C(F)(F)F)C(F)(F)F.[Au+]. The Morgan fingerprint density at radius 3 is 0.696 bits per heavy atom. The Bertz CT molecular complexity index is 634. The molecule has 0 aliphatic rings. The van der Waals surface area contributed by atoms with Crippen molar-refractivity contribution in [3.63, 3.8) is 0 Å². The van der Waals surface area contributed by atoms with Crippen LogP contribution in [0.15, 0.2) is 0 Å². The van der Waals surface area contributed by atoms with E-state index >= 15 is 0 Å². The molecule has 0 N–H and O–H groups in total. The molecule has 0 aliphatic carbocycles. The third-order valence-corrected chi connectivity index (χ3v) is 8.67. The smallest absolute Gasteiger partial charge is 0.251 e. The minimum Gasteiger partial charge on any atom is -0.251 e. The van der Waals surface area contributed by atoms with Gasteiger partial charge in [0.25, 0.3) is 0 Å². The Kier molecular flexibility index (Phi) is 6.96. The first-order valence-electron chi connectivity index (χ1n) is 3.93. The first kappa shape index (κ1) is 25.2. The monoisotopic (exact) mass is 608 g/mol. The van der Waals surface area contributed by atoms with Crippen LogP contribution in [0.1, 0.15) is 0 Å². The van der Waals surface area contributed by atoms with Gasteiger partial charge in [-0.1, -0.05) is 0 Å². The third kappa shape index (κ3) is 4.33. The van der Waals surface area contributed by atoms with Crippen LogP contribution in [0.4, 0.5) is 39.5 Å². The molecule has 144 valence electrons. The maximum absolute atomic E-state index is 12.0. The molecule has 0 fully saturated rings. The Morgan fingerprint density at radius 2 is 0.609 bits per heavy atom. The summed E-state index contributed by atoms with van der Waals surface area (Å²) in [5.41, 5.74) is -21.2. The Balaban J connectivity index is 0. The minimum atomic E-state index is -8.02. The van der Waals surface area contributed by atoms with Crippen LogP contribution in [0.25, 0.3) is 0 Å². The van der Waals surface area contributed by atoms with Gasteiger partial charge in [-0.2, -0.15) is 39.5 Å². The van der Waals surface area contributed by atoms with Gasteiger partial charge in [0.2, 0.25) is 0 Å². The topological polar surface area (TPSA) is 102 Å². The standard InChI is InChI=1S/C4F9O6S3.Au/c5-2(6,7)20(14,15)1(21(16,17)3(8,9)10)22(18,19)4(11,12)13;/q-1;+1. The zero-order chi connectivity index (χ0) is 18.6. The van der Waals surface area contributed by atoms with E-state index in [0.717, 1.165) is 0 Å². The van der Waals surface area contributed by atoms with Gasteiger partial charge in [0.15, 0.2) is 29.5 Å². The predicted molar refractivity (Wildman–Crippen MR) is 48.2 cm³/mol. The quantitative estimate of drug-likeness (QED) is 0.272. The second-order valence-electron chi connectivity index (χ2n) is 3.10. The van der Waals surface area contributed by atoms with Gasteiger partial charge in [0.05, 0.1) is 3.91 Å². The normalized spacial score (nSPS) is 15.4. The van der Waals surface area contributed by atoms with Gasteiger partial charge < -0.3 is 0 Å². The van der Waals surface area contributed by atoms with E-state index in [4.69, 9.17) is 0 Å². The van der Waals surface area contributed by atoms with Crippen LogP contribution < -0.4 is 0 Å². The largest absolute Gasteiger partial charge is 1.00 e. The molecule has 0 atom stereocenters. The fourth-order valence-corrected chi connectivity index (χ4v) is 6.45. The van der Waals surface area contributed by atoms with Crippen molar-refractivity contribution < 1.29 is 87.1 Å². The molecule has 0 bridgehead atoms. The van der Waals surface area contributed by atoms with Crippen LogP contribution in [0.3, 0.4) is 0 Å². The van der Waals surface area contributed by atoms with Crippen molar-refractivity contribution in [3.05, 3.63) is 3.91 Å². The van der Waals surface area contributed by atoms with E-state index in [1.165, 1.54) is 0 Å². The van der Waals surface area contributed by atoms with Crippen LogP contribution >= 0.6 is 0 Å². The summed E-state index contributed by atoms with van der Waals surface area (Å²) in [5.74, 6) is 0. The molecule has 0 saturated heterocycles.